The maximum absolute atomic E-state index is 14.0. The zero-order valence-electron chi connectivity index (χ0n) is 16.8. The zero-order chi connectivity index (χ0) is 20.3. The molecule has 1 aromatic rings. The number of benzene rings is 1. The highest BCUT2D eigenvalue weighted by molar-refractivity contribution is 5.81. The van der Waals surface area contributed by atoms with Gasteiger partial charge in [0.25, 0.3) is 0 Å². The Hall–Kier alpha value is -2.22. The highest BCUT2D eigenvalue weighted by Gasteiger charge is 2.43. The number of carbonyl (C=O) groups is 1. The number of hydrogen-bond donors (Lipinski definition) is 1. The molecule has 2 atom stereocenters. The molecule has 0 bridgehead atoms. The predicted octanol–water partition coefficient (Wildman–Crippen LogP) is 1.49. The normalized spacial score (nSPS) is 22.9. The van der Waals surface area contributed by atoms with E-state index in [1.807, 2.05) is 0 Å². The monoisotopic (exact) mass is 393 g/mol. The largest absolute Gasteiger partial charge is 0.353 e. The second-order valence-electron chi connectivity index (χ2n) is 7.64. The van der Waals surface area contributed by atoms with Gasteiger partial charge in [-0.25, -0.2) is 8.78 Å². The first-order chi connectivity index (χ1) is 13.4. The van der Waals surface area contributed by atoms with Crippen molar-refractivity contribution in [3.8, 4) is 0 Å². The maximum atomic E-state index is 14.0. The number of aliphatic imine (C=N–C) groups is 1. The number of carbonyl (C=O) groups excluding carboxylic acids is 1. The van der Waals surface area contributed by atoms with Gasteiger partial charge in [0.1, 0.15) is 11.6 Å². The predicted molar refractivity (Wildman–Crippen MR) is 105 cm³/mol. The number of amides is 1. The number of hydrogen-bond acceptors (Lipinski definition) is 3. The Morgan fingerprint density at radius 3 is 2.43 bits per heavy atom. The summed E-state index contributed by atoms with van der Waals surface area (Å²) in [5.74, 6) is -0.208. The van der Waals surface area contributed by atoms with Crippen LogP contribution in [0.5, 0.6) is 0 Å². The Morgan fingerprint density at radius 1 is 1.21 bits per heavy atom. The average Bonchev–Trinajstić information content (AvgIpc) is 3.43. The summed E-state index contributed by atoms with van der Waals surface area (Å²) >= 11 is 0. The summed E-state index contributed by atoms with van der Waals surface area (Å²) in [4.78, 5) is 22.1. The molecule has 3 rings (SSSR count). The molecule has 0 radical (unpaired) electrons. The fourth-order valence-electron chi connectivity index (χ4n) is 3.66. The van der Waals surface area contributed by atoms with Gasteiger partial charge in [0, 0.05) is 77.8 Å². The van der Waals surface area contributed by atoms with E-state index in [1.165, 1.54) is 18.2 Å². The van der Waals surface area contributed by atoms with Crippen LogP contribution in [-0.4, -0.2) is 86.5 Å². The van der Waals surface area contributed by atoms with E-state index >= 15 is 0 Å². The number of rotatable bonds is 5. The Labute approximate surface area is 165 Å². The van der Waals surface area contributed by atoms with Crippen molar-refractivity contribution < 1.29 is 13.6 Å². The maximum Gasteiger partial charge on any atom is 0.223 e. The number of nitrogens with zero attached hydrogens (tertiary/aromatic N) is 4. The van der Waals surface area contributed by atoms with E-state index in [2.05, 4.69) is 20.1 Å². The third-order valence-electron chi connectivity index (χ3n) is 5.50. The lowest BCUT2D eigenvalue weighted by atomic mass is 10.1. The van der Waals surface area contributed by atoms with Gasteiger partial charge < -0.3 is 15.1 Å². The third kappa shape index (κ3) is 4.79. The van der Waals surface area contributed by atoms with Gasteiger partial charge in [0.05, 0.1) is 0 Å². The Morgan fingerprint density at radius 2 is 1.86 bits per heavy atom. The summed E-state index contributed by atoms with van der Waals surface area (Å²) in [5, 5.41) is 3.36. The minimum absolute atomic E-state index is 0.000780. The molecule has 28 heavy (non-hydrogen) atoms. The summed E-state index contributed by atoms with van der Waals surface area (Å²) in [6.07, 6.45) is 1.22. The van der Waals surface area contributed by atoms with Gasteiger partial charge >= 0.3 is 0 Å². The molecule has 2 aliphatic rings. The molecule has 1 N–H and O–H groups in total. The second kappa shape index (κ2) is 8.86. The molecule has 2 fully saturated rings. The van der Waals surface area contributed by atoms with Crippen LogP contribution >= 0.6 is 0 Å². The molecule has 0 aromatic heterocycles. The highest BCUT2D eigenvalue weighted by Crippen LogP contribution is 2.43. The lowest BCUT2D eigenvalue weighted by Gasteiger charge is -2.36. The van der Waals surface area contributed by atoms with Crippen molar-refractivity contribution in [3.63, 3.8) is 0 Å². The van der Waals surface area contributed by atoms with Gasteiger partial charge in [0.15, 0.2) is 5.96 Å². The van der Waals surface area contributed by atoms with E-state index in [4.69, 9.17) is 0 Å². The zero-order valence-corrected chi connectivity index (χ0v) is 16.8. The molecule has 1 saturated carbocycles. The molecule has 154 valence electrons. The summed E-state index contributed by atoms with van der Waals surface area (Å²) in [7, 11) is 5.27. The van der Waals surface area contributed by atoms with Crippen molar-refractivity contribution in [1.29, 1.82) is 0 Å². The topological polar surface area (TPSA) is 51.2 Å². The van der Waals surface area contributed by atoms with Crippen LogP contribution in [0.2, 0.25) is 0 Å². The Kier molecular flexibility index (Phi) is 6.49. The first kappa shape index (κ1) is 20.5. The van der Waals surface area contributed by atoms with E-state index in [1.54, 1.807) is 26.0 Å². The number of piperazine rings is 1. The molecule has 1 aromatic carbocycles. The molecular formula is C20H29F2N5O. The molecule has 0 spiro atoms. The standard InChI is InChI=1S/C20H29F2N5O/c1-23-20(24-17-13-14(17)19-15(21)5-4-6-16(19)22)27-11-9-26(10-12-27)8-7-18(28)25(2)3/h4-6,14,17H,7-13H2,1-3H3,(H,23,24). The second-order valence-corrected chi connectivity index (χ2v) is 7.64. The molecule has 6 nitrogen and oxygen atoms in total. The molecule has 2 unspecified atom stereocenters. The van der Waals surface area contributed by atoms with Gasteiger partial charge in [-0.1, -0.05) is 6.07 Å². The van der Waals surface area contributed by atoms with Gasteiger partial charge in [-0.2, -0.15) is 0 Å². The molecule has 1 aliphatic carbocycles. The summed E-state index contributed by atoms with van der Waals surface area (Å²) in [6, 6.07) is 4.01. The first-order valence-corrected chi connectivity index (χ1v) is 9.75. The number of halogens is 2. The lowest BCUT2D eigenvalue weighted by molar-refractivity contribution is -0.129. The smallest absolute Gasteiger partial charge is 0.223 e. The van der Waals surface area contributed by atoms with Gasteiger partial charge in [-0.15, -0.1) is 0 Å². The summed E-state index contributed by atoms with van der Waals surface area (Å²) in [5.41, 5.74) is 0.172. The Bertz CT molecular complexity index is 711. The SMILES string of the molecule is CN=C(NC1CC1c1c(F)cccc1F)N1CCN(CCC(=O)N(C)C)CC1. The van der Waals surface area contributed by atoms with Crippen LogP contribution in [0.15, 0.2) is 23.2 Å². The van der Waals surface area contributed by atoms with Crippen molar-refractivity contribution in [2.45, 2.75) is 24.8 Å². The van der Waals surface area contributed by atoms with E-state index in [0.717, 1.165) is 38.7 Å². The van der Waals surface area contributed by atoms with E-state index < -0.39 is 11.6 Å². The fourth-order valence-corrected chi connectivity index (χ4v) is 3.66. The average molecular weight is 393 g/mol. The summed E-state index contributed by atoms with van der Waals surface area (Å²) < 4.78 is 27.9. The van der Waals surface area contributed by atoms with Gasteiger partial charge in [-0.05, 0) is 18.6 Å². The first-order valence-electron chi connectivity index (χ1n) is 9.75. The van der Waals surface area contributed by atoms with Crippen LogP contribution < -0.4 is 5.32 Å². The van der Waals surface area contributed by atoms with E-state index in [9.17, 15) is 13.6 Å². The van der Waals surface area contributed by atoms with Crippen LogP contribution in [0.1, 0.15) is 24.3 Å². The van der Waals surface area contributed by atoms with Crippen LogP contribution in [0.3, 0.4) is 0 Å². The number of guanidine groups is 1. The van der Waals surface area contributed by atoms with Gasteiger partial charge in [-0.3, -0.25) is 14.7 Å². The van der Waals surface area contributed by atoms with Crippen molar-refractivity contribution in [3.05, 3.63) is 35.4 Å². The molecule has 1 heterocycles. The highest BCUT2D eigenvalue weighted by atomic mass is 19.1. The molecule has 1 amide bonds. The van der Waals surface area contributed by atoms with Crippen LogP contribution in [-0.2, 0) is 4.79 Å². The van der Waals surface area contributed by atoms with Crippen LogP contribution in [0.4, 0.5) is 8.78 Å². The fraction of sp³-hybridized carbons (Fsp3) is 0.600. The van der Waals surface area contributed by atoms with Gasteiger partial charge in [0.2, 0.25) is 5.91 Å². The minimum Gasteiger partial charge on any atom is -0.353 e. The Balaban J connectivity index is 1.48. The summed E-state index contributed by atoms with van der Waals surface area (Å²) in [6.45, 7) is 4.09. The molecule has 1 saturated heterocycles. The lowest BCUT2D eigenvalue weighted by Crippen LogP contribution is -2.53. The van der Waals surface area contributed by atoms with E-state index in [-0.39, 0.29) is 23.4 Å². The van der Waals surface area contributed by atoms with Crippen molar-refractivity contribution in [1.82, 2.24) is 20.0 Å². The molecular weight excluding hydrogens is 364 g/mol. The molecule has 8 heteroatoms. The van der Waals surface area contributed by atoms with Crippen molar-refractivity contribution >= 4 is 11.9 Å². The third-order valence-corrected chi connectivity index (χ3v) is 5.50. The van der Waals surface area contributed by atoms with Crippen molar-refractivity contribution in [2.75, 3.05) is 53.9 Å². The van der Waals surface area contributed by atoms with Crippen molar-refractivity contribution in [2.24, 2.45) is 4.99 Å². The minimum atomic E-state index is -0.481. The van der Waals surface area contributed by atoms with Crippen LogP contribution in [0, 0.1) is 11.6 Å². The quantitative estimate of drug-likeness (QED) is 0.608. The van der Waals surface area contributed by atoms with E-state index in [0.29, 0.717) is 12.8 Å². The number of nitrogens with one attached hydrogen (secondary N) is 1. The van der Waals surface area contributed by atoms with Crippen LogP contribution in [0.25, 0.3) is 0 Å². The molecule has 1 aliphatic heterocycles.